The van der Waals surface area contributed by atoms with Crippen LogP contribution in [0.5, 0.6) is 0 Å². The van der Waals surface area contributed by atoms with Gasteiger partial charge in [-0.25, -0.2) is 14.3 Å². The van der Waals surface area contributed by atoms with Gasteiger partial charge in [-0.3, -0.25) is 18.7 Å². The van der Waals surface area contributed by atoms with Crippen molar-refractivity contribution >= 4 is 29.2 Å². The SMILES string of the molecule is Cc1nn(-c2ccccc2)c(Cl)c1C(=O)OCC(=O)c1c(N)n(CC(C)C)c(=O)n(C)c1=O. The van der Waals surface area contributed by atoms with Crippen molar-refractivity contribution in [2.45, 2.75) is 27.3 Å². The summed E-state index contributed by atoms with van der Waals surface area (Å²) in [4.78, 5) is 50.4. The molecule has 0 radical (unpaired) electrons. The monoisotopic (exact) mass is 473 g/mol. The van der Waals surface area contributed by atoms with Crippen LogP contribution < -0.4 is 17.0 Å². The summed E-state index contributed by atoms with van der Waals surface area (Å²) in [7, 11) is 1.25. The number of esters is 1. The number of nitrogens with zero attached hydrogens (tertiary/aromatic N) is 4. The first-order chi connectivity index (χ1) is 15.5. The fourth-order valence-corrected chi connectivity index (χ4v) is 3.68. The summed E-state index contributed by atoms with van der Waals surface area (Å²) in [6.45, 7) is 4.76. The maximum absolute atomic E-state index is 12.8. The molecule has 10 nitrogen and oxygen atoms in total. The van der Waals surface area contributed by atoms with Gasteiger partial charge in [0.1, 0.15) is 22.1 Å². The molecular formula is C22H24ClN5O5. The summed E-state index contributed by atoms with van der Waals surface area (Å²) in [6, 6.07) is 8.95. The number of halogens is 1. The highest BCUT2D eigenvalue weighted by Crippen LogP contribution is 2.24. The van der Waals surface area contributed by atoms with E-state index >= 15 is 0 Å². The van der Waals surface area contributed by atoms with Crippen LogP contribution >= 0.6 is 11.6 Å². The molecule has 11 heteroatoms. The van der Waals surface area contributed by atoms with Gasteiger partial charge in [0.15, 0.2) is 6.61 Å². The van der Waals surface area contributed by atoms with Gasteiger partial charge in [-0.15, -0.1) is 0 Å². The van der Waals surface area contributed by atoms with E-state index in [1.807, 2.05) is 19.9 Å². The van der Waals surface area contributed by atoms with Crippen molar-refractivity contribution in [1.82, 2.24) is 18.9 Å². The molecule has 3 aromatic rings. The number of para-hydroxylation sites is 1. The number of aryl methyl sites for hydroxylation is 1. The van der Waals surface area contributed by atoms with Crippen LogP contribution in [0, 0.1) is 12.8 Å². The van der Waals surface area contributed by atoms with Gasteiger partial charge < -0.3 is 10.5 Å². The van der Waals surface area contributed by atoms with Gasteiger partial charge in [0, 0.05) is 13.6 Å². The zero-order valence-corrected chi connectivity index (χ0v) is 19.4. The zero-order valence-electron chi connectivity index (χ0n) is 18.7. The maximum atomic E-state index is 12.8. The molecule has 0 saturated heterocycles. The molecule has 0 unspecified atom stereocenters. The number of ketones is 1. The Hall–Kier alpha value is -3.66. The highest BCUT2D eigenvalue weighted by atomic mass is 35.5. The lowest BCUT2D eigenvalue weighted by molar-refractivity contribution is 0.0473. The van der Waals surface area contributed by atoms with Gasteiger partial charge in [-0.1, -0.05) is 43.6 Å². The fraction of sp³-hybridized carbons (Fsp3) is 0.318. The normalized spacial score (nSPS) is 11.1. The van der Waals surface area contributed by atoms with Gasteiger partial charge in [0.25, 0.3) is 5.56 Å². The minimum Gasteiger partial charge on any atom is -0.454 e. The Morgan fingerprint density at radius 2 is 1.79 bits per heavy atom. The first-order valence-electron chi connectivity index (χ1n) is 10.1. The summed E-state index contributed by atoms with van der Waals surface area (Å²) < 4.78 is 8.48. The standard InChI is InChI=1S/C22H24ClN5O5/c1-12(2)10-27-19(24)17(20(30)26(4)22(27)32)15(29)11-33-21(31)16-13(3)25-28(18(16)23)14-8-6-5-7-9-14/h5-9,12H,10-11,24H2,1-4H3. The molecule has 0 aliphatic heterocycles. The number of carbonyl (C=O) groups excluding carboxylic acids is 2. The number of Topliss-reactive ketones (excluding diaryl/α,β-unsaturated/α-hetero) is 1. The van der Waals surface area contributed by atoms with Crippen molar-refractivity contribution in [3.8, 4) is 5.69 Å². The van der Waals surface area contributed by atoms with Crippen LogP contribution in [0.4, 0.5) is 5.82 Å². The summed E-state index contributed by atoms with van der Waals surface area (Å²) >= 11 is 6.35. The first-order valence-corrected chi connectivity index (χ1v) is 10.5. The molecule has 0 amide bonds. The molecule has 2 heterocycles. The second kappa shape index (κ2) is 9.45. The Morgan fingerprint density at radius 1 is 1.15 bits per heavy atom. The molecular weight excluding hydrogens is 450 g/mol. The van der Waals surface area contributed by atoms with Crippen molar-refractivity contribution in [3.05, 3.63) is 73.1 Å². The zero-order chi connectivity index (χ0) is 24.4. The smallest absolute Gasteiger partial charge is 0.343 e. The molecule has 0 fully saturated rings. The minimum atomic E-state index is -0.876. The Morgan fingerprint density at radius 3 is 2.39 bits per heavy atom. The van der Waals surface area contributed by atoms with E-state index < -0.39 is 35.2 Å². The topological polar surface area (TPSA) is 131 Å². The molecule has 0 bridgehead atoms. The van der Waals surface area contributed by atoms with Crippen molar-refractivity contribution < 1.29 is 14.3 Å². The predicted octanol–water partition coefficient (Wildman–Crippen LogP) is 1.97. The Bertz CT molecular complexity index is 1340. The Balaban J connectivity index is 1.87. The van der Waals surface area contributed by atoms with Gasteiger partial charge in [-0.2, -0.15) is 5.10 Å². The molecule has 2 aromatic heterocycles. The van der Waals surface area contributed by atoms with Crippen LogP contribution in [0.3, 0.4) is 0 Å². The molecule has 0 aliphatic carbocycles. The van der Waals surface area contributed by atoms with E-state index in [4.69, 9.17) is 22.1 Å². The number of hydrogen-bond acceptors (Lipinski definition) is 7. The number of rotatable bonds is 7. The number of aromatic nitrogens is 4. The van der Waals surface area contributed by atoms with Gasteiger partial charge >= 0.3 is 11.7 Å². The number of anilines is 1. The molecule has 3 rings (SSSR count). The van der Waals surface area contributed by atoms with Crippen molar-refractivity contribution in [1.29, 1.82) is 0 Å². The van der Waals surface area contributed by atoms with Crippen LogP contribution in [-0.2, 0) is 18.3 Å². The van der Waals surface area contributed by atoms with Crippen molar-refractivity contribution in [2.75, 3.05) is 12.3 Å². The highest BCUT2D eigenvalue weighted by Gasteiger charge is 2.26. The highest BCUT2D eigenvalue weighted by molar-refractivity contribution is 6.33. The lowest BCUT2D eigenvalue weighted by Crippen LogP contribution is -2.43. The van der Waals surface area contributed by atoms with E-state index in [0.717, 1.165) is 9.13 Å². The third kappa shape index (κ3) is 4.61. The summed E-state index contributed by atoms with van der Waals surface area (Å²) in [5.41, 5.74) is 5.05. The van der Waals surface area contributed by atoms with E-state index in [2.05, 4.69) is 5.10 Å². The average Bonchev–Trinajstić information content (AvgIpc) is 3.08. The first kappa shape index (κ1) is 24.0. The minimum absolute atomic E-state index is 0.000952. The van der Waals surface area contributed by atoms with E-state index in [1.54, 1.807) is 31.2 Å². The van der Waals surface area contributed by atoms with E-state index in [-0.39, 0.29) is 29.0 Å². The average molecular weight is 474 g/mol. The third-order valence-corrected chi connectivity index (χ3v) is 5.30. The van der Waals surface area contributed by atoms with Gasteiger partial charge in [0.2, 0.25) is 5.78 Å². The van der Waals surface area contributed by atoms with Gasteiger partial charge in [0.05, 0.1) is 11.4 Å². The Kier molecular flexibility index (Phi) is 6.87. The summed E-state index contributed by atoms with van der Waals surface area (Å²) in [5.74, 6) is -1.93. The van der Waals surface area contributed by atoms with Crippen LogP contribution in [0.2, 0.25) is 5.15 Å². The molecule has 0 atom stereocenters. The second-order valence-electron chi connectivity index (χ2n) is 7.91. The second-order valence-corrected chi connectivity index (χ2v) is 8.27. The van der Waals surface area contributed by atoms with E-state index in [0.29, 0.717) is 11.4 Å². The quantitative estimate of drug-likeness (QED) is 0.410. The fourth-order valence-electron chi connectivity index (χ4n) is 3.33. The molecule has 2 N–H and O–H groups in total. The van der Waals surface area contributed by atoms with Crippen LogP contribution in [0.25, 0.3) is 5.69 Å². The number of nitrogens with two attached hydrogens (primary N) is 1. The Labute approximate surface area is 194 Å². The van der Waals surface area contributed by atoms with Crippen LogP contribution in [0.15, 0.2) is 39.9 Å². The lowest BCUT2D eigenvalue weighted by Gasteiger charge is -2.16. The number of ether oxygens (including phenoxy) is 1. The number of carbonyl (C=O) groups is 2. The van der Waals surface area contributed by atoms with Crippen molar-refractivity contribution in [3.63, 3.8) is 0 Å². The van der Waals surface area contributed by atoms with Gasteiger partial charge in [-0.05, 0) is 25.0 Å². The lowest BCUT2D eigenvalue weighted by atomic mass is 10.1. The summed E-state index contributed by atoms with van der Waals surface area (Å²) in [6.07, 6.45) is 0. The number of benzene rings is 1. The van der Waals surface area contributed by atoms with Crippen molar-refractivity contribution in [2.24, 2.45) is 13.0 Å². The molecule has 174 valence electrons. The molecule has 33 heavy (non-hydrogen) atoms. The summed E-state index contributed by atoms with van der Waals surface area (Å²) in [5, 5.41) is 4.29. The maximum Gasteiger partial charge on any atom is 0.343 e. The molecule has 1 aromatic carbocycles. The number of nitrogen functional groups attached to an aromatic ring is 1. The molecule has 0 saturated carbocycles. The van der Waals surface area contributed by atoms with Crippen LogP contribution in [0.1, 0.15) is 40.3 Å². The molecule has 0 aliphatic rings. The van der Waals surface area contributed by atoms with E-state index in [9.17, 15) is 19.2 Å². The number of hydrogen-bond donors (Lipinski definition) is 1. The van der Waals surface area contributed by atoms with E-state index in [1.165, 1.54) is 11.7 Å². The van der Waals surface area contributed by atoms with Crippen LogP contribution in [-0.4, -0.2) is 37.3 Å². The third-order valence-electron chi connectivity index (χ3n) is 4.95. The largest absolute Gasteiger partial charge is 0.454 e. The molecule has 0 spiro atoms. The predicted molar refractivity (Wildman–Crippen MR) is 123 cm³/mol.